The summed E-state index contributed by atoms with van der Waals surface area (Å²) in [6.07, 6.45) is 4.03. The third kappa shape index (κ3) is 5.00. The lowest BCUT2D eigenvalue weighted by atomic mass is 10.0. The van der Waals surface area contributed by atoms with Gasteiger partial charge in [-0.2, -0.15) is 0 Å². The molecular formula is C17H26N2O3. The van der Waals surface area contributed by atoms with E-state index in [1.165, 1.54) is 5.56 Å². The lowest BCUT2D eigenvalue weighted by Gasteiger charge is -2.33. The molecule has 1 saturated heterocycles. The summed E-state index contributed by atoms with van der Waals surface area (Å²) >= 11 is 0. The second-order valence-electron chi connectivity index (χ2n) is 5.75. The molecule has 0 saturated carbocycles. The van der Waals surface area contributed by atoms with Gasteiger partial charge in [0.2, 0.25) is 5.91 Å². The molecule has 5 heteroatoms. The van der Waals surface area contributed by atoms with Crippen molar-refractivity contribution < 1.29 is 14.6 Å². The van der Waals surface area contributed by atoms with Crippen molar-refractivity contribution in [2.45, 2.75) is 31.7 Å². The van der Waals surface area contributed by atoms with Gasteiger partial charge in [-0.15, -0.1) is 0 Å². The summed E-state index contributed by atoms with van der Waals surface area (Å²) in [5.41, 5.74) is 1.17. The number of carbonyl (C=O) groups excluding carboxylic acids is 1. The summed E-state index contributed by atoms with van der Waals surface area (Å²) in [5, 5.41) is 12.3. The van der Waals surface area contributed by atoms with E-state index in [1.54, 1.807) is 7.11 Å². The Morgan fingerprint density at radius 3 is 2.82 bits per heavy atom. The van der Waals surface area contributed by atoms with Crippen LogP contribution in [0.1, 0.15) is 24.8 Å². The molecule has 5 nitrogen and oxygen atoms in total. The number of benzene rings is 1. The van der Waals surface area contributed by atoms with E-state index in [2.05, 4.69) is 10.2 Å². The van der Waals surface area contributed by atoms with Crippen LogP contribution in [-0.4, -0.2) is 55.3 Å². The maximum absolute atomic E-state index is 12.0. The van der Waals surface area contributed by atoms with Crippen LogP contribution < -0.4 is 10.1 Å². The molecule has 1 aliphatic heterocycles. The van der Waals surface area contributed by atoms with Crippen LogP contribution in [0.15, 0.2) is 24.3 Å². The number of carbonyl (C=O) groups is 1. The first kappa shape index (κ1) is 16.8. The Bertz CT molecular complexity index is 461. The first-order valence-corrected chi connectivity index (χ1v) is 7.97. The zero-order chi connectivity index (χ0) is 15.8. The van der Waals surface area contributed by atoms with Gasteiger partial charge >= 0.3 is 0 Å². The summed E-state index contributed by atoms with van der Waals surface area (Å²) in [4.78, 5) is 14.1. The van der Waals surface area contributed by atoms with E-state index < -0.39 is 0 Å². The Hall–Kier alpha value is -1.59. The lowest BCUT2D eigenvalue weighted by molar-refractivity contribution is -0.123. The molecule has 0 spiro atoms. The minimum atomic E-state index is 0.0360. The van der Waals surface area contributed by atoms with Crippen molar-refractivity contribution in [3.05, 3.63) is 29.8 Å². The summed E-state index contributed by atoms with van der Waals surface area (Å²) in [6, 6.07) is 8.02. The molecule has 1 fully saturated rings. The normalized spacial score (nSPS) is 18.9. The van der Waals surface area contributed by atoms with Gasteiger partial charge in [-0.25, -0.2) is 0 Å². The minimum absolute atomic E-state index is 0.0360. The van der Waals surface area contributed by atoms with Crippen molar-refractivity contribution >= 4 is 5.91 Å². The van der Waals surface area contributed by atoms with Crippen LogP contribution in [-0.2, 0) is 11.2 Å². The first-order chi connectivity index (χ1) is 10.7. The van der Waals surface area contributed by atoms with Crippen LogP contribution in [0.25, 0.3) is 0 Å². The topological polar surface area (TPSA) is 61.8 Å². The number of methoxy groups -OCH3 is 1. The summed E-state index contributed by atoms with van der Waals surface area (Å²) in [7, 11) is 1.65. The van der Waals surface area contributed by atoms with Crippen molar-refractivity contribution in [3.8, 4) is 5.75 Å². The van der Waals surface area contributed by atoms with E-state index in [0.717, 1.165) is 38.0 Å². The number of hydrogen-bond acceptors (Lipinski definition) is 4. The number of ether oxygens (including phenoxy) is 1. The van der Waals surface area contributed by atoms with Crippen molar-refractivity contribution in [1.82, 2.24) is 10.2 Å². The average Bonchev–Trinajstić information content (AvgIpc) is 2.56. The molecule has 0 aromatic heterocycles. The van der Waals surface area contributed by atoms with E-state index in [-0.39, 0.29) is 18.6 Å². The molecule has 0 radical (unpaired) electrons. The Labute approximate surface area is 132 Å². The second-order valence-corrected chi connectivity index (χ2v) is 5.75. The van der Waals surface area contributed by atoms with Crippen LogP contribution >= 0.6 is 0 Å². The van der Waals surface area contributed by atoms with E-state index in [0.29, 0.717) is 13.1 Å². The molecule has 1 heterocycles. The third-order valence-corrected chi connectivity index (χ3v) is 4.20. The number of nitrogens with one attached hydrogen (secondary N) is 1. The van der Waals surface area contributed by atoms with E-state index in [9.17, 15) is 9.90 Å². The minimum Gasteiger partial charge on any atom is -0.497 e. The van der Waals surface area contributed by atoms with Gasteiger partial charge in [0.15, 0.2) is 0 Å². The quantitative estimate of drug-likeness (QED) is 0.795. The van der Waals surface area contributed by atoms with Crippen LogP contribution in [0.2, 0.25) is 0 Å². The lowest BCUT2D eigenvalue weighted by Crippen LogP contribution is -2.47. The third-order valence-electron chi connectivity index (χ3n) is 4.20. The number of aliphatic hydroxyl groups excluding tert-OH is 1. The molecule has 2 rings (SSSR count). The van der Waals surface area contributed by atoms with E-state index in [4.69, 9.17) is 4.74 Å². The number of aliphatic hydroxyl groups is 1. The molecule has 1 atom stereocenters. The highest BCUT2D eigenvalue weighted by atomic mass is 16.5. The van der Waals surface area contributed by atoms with Crippen LogP contribution in [0.3, 0.4) is 0 Å². The van der Waals surface area contributed by atoms with Gasteiger partial charge in [0.05, 0.1) is 20.3 Å². The van der Waals surface area contributed by atoms with Gasteiger partial charge in [0.25, 0.3) is 0 Å². The maximum atomic E-state index is 12.0. The van der Waals surface area contributed by atoms with Crippen molar-refractivity contribution in [2.24, 2.45) is 0 Å². The molecule has 2 N–H and O–H groups in total. The van der Waals surface area contributed by atoms with E-state index >= 15 is 0 Å². The zero-order valence-electron chi connectivity index (χ0n) is 13.3. The highest BCUT2D eigenvalue weighted by Gasteiger charge is 2.23. The fourth-order valence-corrected chi connectivity index (χ4v) is 2.85. The molecule has 1 aromatic carbocycles. The van der Waals surface area contributed by atoms with Gasteiger partial charge < -0.3 is 15.2 Å². The fourth-order valence-electron chi connectivity index (χ4n) is 2.85. The highest BCUT2D eigenvalue weighted by molar-refractivity contribution is 5.78. The highest BCUT2D eigenvalue weighted by Crippen LogP contribution is 2.16. The van der Waals surface area contributed by atoms with Gasteiger partial charge in [-0.3, -0.25) is 9.69 Å². The Kier molecular flexibility index (Phi) is 6.68. The summed E-state index contributed by atoms with van der Waals surface area (Å²) < 4.78 is 5.12. The van der Waals surface area contributed by atoms with Crippen LogP contribution in [0.5, 0.6) is 5.75 Å². The average molecular weight is 306 g/mol. The van der Waals surface area contributed by atoms with Crippen molar-refractivity contribution in [2.75, 3.05) is 33.4 Å². The van der Waals surface area contributed by atoms with Crippen LogP contribution in [0.4, 0.5) is 0 Å². The number of rotatable bonds is 7. The molecule has 22 heavy (non-hydrogen) atoms. The first-order valence-electron chi connectivity index (χ1n) is 7.97. The second kappa shape index (κ2) is 8.76. The summed E-state index contributed by atoms with van der Waals surface area (Å²) in [5.74, 6) is 0.877. The molecule has 0 unspecified atom stereocenters. The molecule has 1 aromatic rings. The molecular weight excluding hydrogens is 280 g/mol. The molecule has 122 valence electrons. The van der Waals surface area contributed by atoms with Gasteiger partial charge in [-0.1, -0.05) is 18.6 Å². The van der Waals surface area contributed by atoms with Gasteiger partial charge in [0.1, 0.15) is 5.75 Å². The fraction of sp³-hybridized carbons (Fsp3) is 0.588. The molecule has 1 amide bonds. The zero-order valence-corrected chi connectivity index (χ0v) is 13.3. The largest absolute Gasteiger partial charge is 0.497 e. The number of amides is 1. The number of hydrogen-bond donors (Lipinski definition) is 2. The summed E-state index contributed by atoms with van der Waals surface area (Å²) in [6.45, 7) is 2.05. The monoisotopic (exact) mass is 306 g/mol. The number of nitrogens with zero attached hydrogens (tertiary/aromatic N) is 1. The maximum Gasteiger partial charge on any atom is 0.234 e. The number of likely N-dealkylation sites (tertiary alicyclic amines) is 1. The predicted molar refractivity (Wildman–Crippen MR) is 86.0 cm³/mol. The molecule has 0 bridgehead atoms. The number of piperidine rings is 1. The van der Waals surface area contributed by atoms with Crippen molar-refractivity contribution in [3.63, 3.8) is 0 Å². The standard InChI is InChI=1S/C17H26N2O3/c1-22-16-7-5-14(6-8-16)9-10-18-17(21)12-19-11-3-2-4-15(19)13-20/h5-8,15,20H,2-4,9-13H2,1H3,(H,18,21)/t15-/m1/s1. The van der Waals surface area contributed by atoms with Crippen LogP contribution in [0, 0.1) is 0 Å². The van der Waals surface area contributed by atoms with Gasteiger partial charge in [0, 0.05) is 12.6 Å². The SMILES string of the molecule is COc1ccc(CCNC(=O)CN2CCCC[C@@H]2CO)cc1. The Morgan fingerprint density at radius 2 is 2.14 bits per heavy atom. The molecule has 0 aliphatic carbocycles. The van der Waals surface area contributed by atoms with E-state index in [1.807, 2.05) is 24.3 Å². The van der Waals surface area contributed by atoms with Gasteiger partial charge in [-0.05, 0) is 43.5 Å². The predicted octanol–water partition coefficient (Wildman–Crippen LogP) is 1.20. The molecule has 1 aliphatic rings. The smallest absolute Gasteiger partial charge is 0.234 e. The Balaban J connectivity index is 1.70. The van der Waals surface area contributed by atoms with Crippen molar-refractivity contribution in [1.29, 1.82) is 0 Å². The Morgan fingerprint density at radius 1 is 1.36 bits per heavy atom.